The topological polar surface area (TPSA) is 82.1 Å². The molecule has 0 bridgehead atoms. The summed E-state index contributed by atoms with van der Waals surface area (Å²) in [6.45, 7) is 3.56. The Bertz CT molecular complexity index is 1420. The molecule has 2 aromatic heterocycles. The van der Waals surface area contributed by atoms with Crippen molar-refractivity contribution in [1.29, 1.82) is 0 Å². The summed E-state index contributed by atoms with van der Waals surface area (Å²) in [4.78, 5) is 28.4. The Labute approximate surface area is 190 Å². The summed E-state index contributed by atoms with van der Waals surface area (Å²) >= 11 is 0. The van der Waals surface area contributed by atoms with Gasteiger partial charge in [-0.05, 0) is 49.6 Å². The van der Waals surface area contributed by atoms with Crippen molar-refractivity contribution in [3.8, 4) is 11.6 Å². The fourth-order valence-electron chi connectivity index (χ4n) is 4.07. The molecule has 1 aliphatic heterocycles. The average molecular weight is 436 g/mol. The van der Waals surface area contributed by atoms with Crippen molar-refractivity contribution < 1.29 is 19.3 Å². The lowest BCUT2D eigenvalue weighted by atomic mass is 10.0. The molecule has 0 N–H and O–H groups in total. The number of imide groups is 1. The first kappa shape index (κ1) is 20.4. The van der Waals surface area contributed by atoms with Gasteiger partial charge in [-0.1, -0.05) is 36.4 Å². The van der Waals surface area contributed by atoms with Gasteiger partial charge in [0, 0.05) is 17.7 Å². The van der Waals surface area contributed by atoms with E-state index in [9.17, 15) is 14.7 Å². The second-order valence-electron chi connectivity index (χ2n) is 7.80. The number of aryl methyl sites for hydroxylation is 2. The van der Waals surface area contributed by atoms with Crippen LogP contribution in [0, 0.1) is 13.8 Å². The molecule has 0 fully saturated rings. The summed E-state index contributed by atoms with van der Waals surface area (Å²) in [6.07, 6.45) is 3.36. The molecular weight excluding hydrogens is 416 g/mol. The minimum Gasteiger partial charge on any atom is -0.858 e. The van der Waals surface area contributed by atoms with Crippen LogP contribution < -0.4 is 14.6 Å². The van der Waals surface area contributed by atoms with Crippen LogP contribution in [-0.2, 0) is 9.59 Å². The van der Waals surface area contributed by atoms with Crippen LogP contribution >= 0.6 is 0 Å². The van der Waals surface area contributed by atoms with E-state index in [1.165, 1.54) is 4.68 Å². The van der Waals surface area contributed by atoms with E-state index in [1.807, 2.05) is 25.1 Å². The Balaban J connectivity index is 1.75. The van der Waals surface area contributed by atoms with E-state index >= 15 is 0 Å². The van der Waals surface area contributed by atoms with Crippen molar-refractivity contribution in [3.63, 3.8) is 0 Å². The fraction of sp³-hybridized carbons (Fsp3) is 0.0769. The molecule has 0 radical (unpaired) electrons. The predicted molar refractivity (Wildman–Crippen MR) is 121 cm³/mol. The van der Waals surface area contributed by atoms with Crippen molar-refractivity contribution in [2.75, 3.05) is 4.90 Å². The molecule has 5 rings (SSSR count). The standard InChI is InChI=1S/C26H20N4O3/c1-17-10-9-13-20(16-17)29-24(31)22(23(26(29)33)28-14-7-4-8-15-28)21-18(2)27-30(25(21)32)19-11-5-3-6-12-19/h3-16H,1-2H3. The zero-order valence-electron chi connectivity index (χ0n) is 18.1. The summed E-state index contributed by atoms with van der Waals surface area (Å²) in [5.74, 6) is -1.50. The molecule has 7 heteroatoms. The number of para-hydroxylation sites is 1. The van der Waals surface area contributed by atoms with Gasteiger partial charge < -0.3 is 5.11 Å². The number of benzene rings is 2. The molecule has 33 heavy (non-hydrogen) atoms. The fourth-order valence-corrected chi connectivity index (χ4v) is 4.07. The first-order chi connectivity index (χ1) is 16.0. The molecule has 7 nitrogen and oxygen atoms in total. The summed E-state index contributed by atoms with van der Waals surface area (Å²) in [5.41, 5.74) is 2.61. The van der Waals surface area contributed by atoms with Crippen molar-refractivity contribution in [2.24, 2.45) is 0 Å². The number of pyridine rings is 1. The maximum Gasteiger partial charge on any atom is 0.331 e. The van der Waals surface area contributed by atoms with Gasteiger partial charge in [0.25, 0.3) is 11.6 Å². The molecule has 2 aromatic carbocycles. The summed E-state index contributed by atoms with van der Waals surface area (Å²) in [5, 5.41) is 17.9. The van der Waals surface area contributed by atoms with Gasteiger partial charge in [-0.15, -0.1) is 0 Å². The van der Waals surface area contributed by atoms with Crippen LogP contribution in [-0.4, -0.2) is 21.6 Å². The van der Waals surface area contributed by atoms with E-state index in [1.54, 1.807) is 78.5 Å². The first-order valence-electron chi connectivity index (χ1n) is 10.5. The number of amides is 2. The highest BCUT2D eigenvalue weighted by Crippen LogP contribution is 2.38. The number of carbonyl (C=O) groups excluding carboxylic acids is 2. The van der Waals surface area contributed by atoms with Crippen molar-refractivity contribution in [2.45, 2.75) is 13.8 Å². The number of hydrogen-bond acceptors (Lipinski definition) is 4. The van der Waals surface area contributed by atoms with Crippen molar-refractivity contribution in [3.05, 3.63) is 102 Å². The molecule has 0 atom stereocenters. The van der Waals surface area contributed by atoms with Gasteiger partial charge in [-0.25, -0.2) is 9.58 Å². The quantitative estimate of drug-likeness (QED) is 0.364. The van der Waals surface area contributed by atoms with Crippen LogP contribution in [0.1, 0.15) is 16.8 Å². The Morgan fingerprint density at radius 2 is 1.48 bits per heavy atom. The summed E-state index contributed by atoms with van der Waals surface area (Å²) in [7, 11) is 0. The Morgan fingerprint density at radius 3 is 2.18 bits per heavy atom. The van der Waals surface area contributed by atoms with Gasteiger partial charge in [0.05, 0.1) is 17.1 Å². The Morgan fingerprint density at radius 1 is 0.818 bits per heavy atom. The van der Waals surface area contributed by atoms with E-state index in [2.05, 4.69) is 5.10 Å². The van der Waals surface area contributed by atoms with Gasteiger partial charge in [-0.3, -0.25) is 9.59 Å². The summed E-state index contributed by atoms with van der Waals surface area (Å²) in [6, 6.07) is 21.5. The number of nitrogens with zero attached hydrogens (tertiary/aromatic N) is 4. The molecule has 0 spiro atoms. The number of aromatic nitrogens is 3. The zero-order chi connectivity index (χ0) is 23.1. The van der Waals surface area contributed by atoms with Crippen LogP contribution in [0.25, 0.3) is 17.0 Å². The molecule has 4 aromatic rings. The molecular formula is C26H20N4O3. The predicted octanol–water partition coefficient (Wildman–Crippen LogP) is 2.79. The van der Waals surface area contributed by atoms with Gasteiger partial charge in [0.2, 0.25) is 0 Å². The molecule has 0 saturated carbocycles. The smallest absolute Gasteiger partial charge is 0.331 e. The lowest BCUT2D eigenvalue weighted by molar-refractivity contribution is -0.576. The molecule has 0 unspecified atom stereocenters. The lowest BCUT2D eigenvalue weighted by Crippen LogP contribution is -2.39. The highest BCUT2D eigenvalue weighted by atomic mass is 16.3. The molecule has 3 heterocycles. The number of anilines is 1. The van der Waals surface area contributed by atoms with E-state index in [0.717, 1.165) is 10.5 Å². The van der Waals surface area contributed by atoms with Gasteiger partial charge in [-0.2, -0.15) is 9.67 Å². The second-order valence-corrected chi connectivity index (χ2v) is 7.80. The Kier molecular flexibility index (Phi) is 4.86. The minimum absolute atomic E-state index is 0.0439. The van der Waals surface area contributed by atoms with Gasteiger partial charge in [0.1, 0.15) is 5.57 Å². The summed E-state index contributed by atoms with van der Waals surface area (Å²) < 4.78 is 2.84. The van der Waals surface area contributed by atoms with Crippen LogP contribution in [0.15, 0.2) is 85.2 Å². The third-order valence-electron chi connectivity index (χ3n) is 5.56. The minimum atomic E-state index is -0.551. The van der Waals surface area contributed by atoms with E-state index in [4.69, 9.17) is 0 Å². The highest BCUT2D eigenvalue weighted by molar-refractivity contribution is 6.53. The van der Waals surface area contributed by atoms with Crippen LogP contribution in [0.3, 0.4) is 0 Å². The van der Waals surface area contributed by atoms with Crippen molar-refractivity contribution in [1.82, 2.24) is 9.78 Å². The lowest BCUT2D eigenvalue weighted by Gasteiger charge is -2.16. The first-order valence-corrected chi connectivity index (χ1v) is 10.5. The molecule has 2 amide bonds. The van der Waals surface area contributed by atoms with Crippen LogP contribution in [0.2, 0.25) is 0 Å². The van der Waals surface area contributed by atoms with E-state index in [-0.39, 0.29) is 16.8 Å². The molecule has 0 saturated heterocycles. The third kappa shape index (κ3) is 3.30. The number of rotatable bonds is 4. The van der Waals surface area contributed by atoms with Gasteiger partial charge >= 0.3 is 5.91 Å². The zero-order valence-corrected chi connectivity index (χ0v) is 18.1. The van der Waals surface area contributed by atoms with Crippen molar-refractivity contribution >= 4 is 28.8 Å². The molecule has 1 aliphatic rings. The van der Waals surface area contributed by atoms with E-state index in [0.29, 0.717) is 17.1 Å². The SMILES string of the molecule is Cc1cccc(N2C(=O)C(c3c(C)nn(-c4ccccc4)c3[O-])=C([n+]3ccccc3)C2=O)c1. The number of carbonyl (C=O) groups is 2. The van der Waals surface area contributed by atoms with Crippen LogP contribution in [0.4, 0.5) is 5.69 Å². The van der Waals surface area contributed by atoms with Crippen LogP contribution in [0.5, 0.6) is 5.88 Å². The van der Waals surface area contributed by atoms with Gasteiger partial charge in [0.15, 0.2) is 12.4 Å². The normalized spacial score (nSPS) is 13.8. The monoisotopic (exact) mass is 436 g/mol. The maximum atomic E-state index is 13.7. The largest absolute Gasteiger partial charge is 0.858 e. The highest BCUT2D eigenvalue weighted by Gasteiger charge is 2.47. The second kappa shape index (κ2) is 7.87. The maximum absolute atomic E-state index is 13.7. The molecule has 0 aliphatic carbocycles. The third-order valence-corrected chi connectivity index (χ3v) is 5.56. The molecule has 162 valence electrons. The Hall–Kier alpha value is -4.52. The number of hydrogen-bond donors (Lipinski definition) is 0. The van der Waals surface area contributed by atoms with E-state index < -0.39 is 17.7 Å². The average Bonchev–Trinajstić information content (AvgIpc) is 3.25.